The normalized spacial score (nSPS) is 13.4. The highest BCUT2D eigenvalue weighted by atomic mass is 35.5. The molecule has 0 atom stereocenters. The van der Waals surface area contributed by atoms with Crippen molar-refractivity contribution in [2.24, 2.45) is 0 Å². The molecule has 1 fully saturated rings. The number of amides is 1. The molecule has 0 spiro atoms. The van der Waals surface area contributed by atoms with Crippen LogP contribution in [0.5, 0.6) is 28.9 Å². The molecule has 1 aliphatic rings. The lowest BCUT2D eigenvalue weighted by Gasteiger charge is -2.34. The Morgan fingerprint density at radius 2 is 1.49 bits per heavy atom. The molecule has 0 N–H and O–H groups in total. The van der Waals surface area contributed by atoms with Crippen LogP contribution in [0.3, 0.4) is 0 Å². The number of carbonyl (C=O) groups excluding carboxylic acids is 1. The van der Waals surface area contributed by atoms with Crippen molar-refractivity contribution in [1.82, 2.24) is 14.8 Å². The number of pyridine rings is 1. The number of carbonyl (C=O) groups is 1. The Labute approximate surface area is 301 Å². The third kappa shape index (κ3) is 9.55. The van der Waals surface area contributed by atoms with E-state index in [1.54, 1.807) is 48.7 Å². The maximum absolute atomic E-state index is 13.0. The molecule has 0 aliphatic carbocycles. The summed E-state index contributed by atoms with van der Waals surface area (Å²) in [5.41, 5.74) is 3.70. The Morgan fingerprint density at radius 1 is 0.796 bits per heavy atom. The van der Waals surface area contributed by atoms with Crippen molar-refractivity contribution in [3.63, 3.8) is 0 Å². The molecule has 0 unspecified atom stereocenters. The fraction of sp³-hybridized carbons (Fsp3) is 0.179. The van der Waals surface area contributed by atoms with Crippen molar-refractivity contribution in [3.8, 4) is 28.9 Å². The largest absolute Gasteiger partial charge is 0.487 e. The maximum atomic E-state index is 13.0. The number of halogens is 3. The van der Waals surface area contributed by atoms with Crippen LogP contribution in [0.15, 0.2) is 109 Å². The van der Waals surface area contributed by atoms with Gasteiger partial charge in [0.05, 0.1) is 11.2 Å². The van der Waals surface area contributed by atoms with Crippen LogP contribution in [-0.4, -0.2) is 46.9 Å². The van der Waals surface area contributed by atoms with Crippen LogP contribution in [0.4, 0.5) is 0 Å². The smallest absolute Gasteiger partial charge is 0.246 e. The highest BCUT2D eigenvalue weighted by Crippen LogP contribution is 2.34. The van der Waals surface area contributed by atoms with E-state index in [1.165, 1.54) is 5.56 Å². The molecule has 0 radical (unpaired) electrons. The third-order valence-corrected chi connectivity index (χ3v) is 8.90. The van der Waals surface area contributed by atoms with Gasteiger partial charge in [0.1, 0.15) is 23.9 Å². The summed E-state index contributed by atoms with van der Waals surface area (Å²) in [4.78, 5) is 21.6. The van der Waals surface area contributed by atoms with E-state index in [-0.39, 0.29) is 5.91 Å². The predicted molar refractivity (Wildman–Crippen MR) is 195 cm³/mol. The summed E-state index contributed by atoms with van der Waals surface area (Å²) in [5.74, 6) is 2.96. The molecule has 2 heterocycles. The lowest BCUT2D eigenvalue weighted by molar-refractivity contribution is -0.127. The fourth-order valence-electron chi connectivity index (χ4n) is 5.34. The molecule has 1 saturated heterocycles. The number of nitrogens with zero attached hydrogens (tertiary/aromatic N) is 3. The minimum atomic E-state index is -0.0292. The second-order valence-corrected chi connectivity index (χ2v) is 12.8. The molecule has 7 nitrogen and oxygen atoms in total. The van der Waals surface area contributed by atoms with E-state index in [9.17, 15) is 4.79 Å². The summed E-state index contributed by atoms with van der Waals surface area (Å²) in [6, 6.07) is 30.1. The first-order valence-corrected chi connectivity index (χ1v) is 16.9. The summed E-state index contributed by atoms with van der Waals surface area (Å²) < 4.78 is 17.7. The predicted octanol–water partition coefficient (Wildman–Crippen LogP) is 9.87. The van der Waals surface area contributed by atoms with Gasteiger partial charge in [0, 0.05) is 60.5 Å². The van der Waals surface area contributed by atoms with Crippen LogP contribution in [0, 0.1) is 6.92 Å². The van der Waals surface area contributed by atoms with Gasteiger partial charge >= 0.3 is 0 Å². The molecule has 1 aliphatic heterocycles. The van der Waals surface area contributed by atoms with E-state index in [0.29, 0.717) is 52.1 Å². The minimum Gasteiger partial charge on any atom is -0.487 e. The highest BCUT2D eigenvalue weighted by molar-refractivity contribution is 6.32. The molecule has 1 aromatic heterocycles. The molecule has 6 rings (SSSR count). The molecular weight excluding hydrogens is 681 g/mol. The molecule has 4 aromatic carbocycles. The molecular formula is C39H34Cl3N3O4. The number of aromatic nitrogens is 1. The average Bonchev–Trinajstić information content (AvgIpc) is 3.11. The van der Waals surface area contributed by atoms with Gasteiger partial charge in [-0.2, -0.15) is 0 Å². The topological polar surface area (TPSA) is 64.1 Å². The van der Waals surface area contributed by atoms with E-state index >= 15 is 0 Å². The van der Waals surface area contributed by atoms with Crippen molar-refractivity contribution < 1.29 is 19.0 Å². The van der Waals surface area contributed by atoms with Gasteiger partial charge in [0.15, 0.2) is 5.75 Å². The Bertz CT molecular complexity index is 1890. The van der Waals surface area contributed by atoms with Crippen LogP contribution in [0.25, 0.3) is 6.08 Å². The second kappa shape index (κ2) is 16.2. The first kappa shape index (κ1) is 34.3. The Hall–Kier alpha value is -4.53. The van der Waals surface area contributed by atoms with Gasteiger partial charge in [-0.3, -0.25) is 9.69 Å². The van der Waals surface area contributed by atoms with Crippen molar-refractivity contribution in [3.05, 3.63) is 147 Å². The lowest BCUT2D eigenvalue weighted by Crippen LogP contribution is -2.47. The van der Waals surface area contributed by atoms with Crippen LogP contribution < -0.4 is 14.2 Å². The van der Waals surface area contributed by atoms with E-state index < -0.39 is 0 Å². The van der Waals surface area contributed by atoms with Crippen molar-refractivity contribution >= 4 is 46.8 Å². The number of hydrogen-bond acceptors (Lipinski definition) is 6. The maximum Gasteiger partial charge on any atom is 0.246 e. The molecule has 10 heteroatoms. The van der Waals surface area contributed by atoms with Gasteiger partial charge in [0.25, 0.3) is 0 Å². The Kier molecular flexibility index (Phi) is 11.4. The van der Waals surface area contributed by atoms with Gasteiger partial charge in [0.2, 0.25) is 11.8 Å². The first-order chi connectivity index (χ1) is 23.8. The number of ether oxygens (including phenoxy) is 3. The zero-order valence-corrected chi connectivity index (χ0v) is 29.1. The summed E-state index contributed by atoms with van der Waals surface area (Å²) >= 11 is 18.8. The van der Waals surface area contributed by atoms with Gasteiger partial charge in [-0.05, 0) is 90.4 Å². The number of aryl methyl sites for hydroxylation is 1. The van der Waals surface area contributed by atoms with Crippen LogP contribution in [0.2, 0.25) is 15.1 Å². The molecule has 250 valence electrons. The monoisotopic (exact) mass is 713 g/mol. The van der Waals surface area contributed by atoms with Crippen molar-refractivity contribution in [2.45, 2.75) is 20.1 Å². The van der Waals surface area contributed by atoms with E-state index in [1.807, 2.05) is 66.4 Å². The van der Waals surface area contributed by atoms with E-state index in [4.69, 9.17) is 49.0 Å². The zero-order valence-electron chi connectivity index (χ0n) is 26.8. The van der Waals surface area contributed by atoms with Crippen molar-refractivity contribution in [2.75, 3.05) is 26.2 Å². The summed E-state index contributed by atoms with van der Waals surface area (Å²) in [6.45, 7) is 5.95. The van der Waals surface area contributed by atoms with Crippen LogP contribution in [-0.2, 0) is 17.9 Å². The van der Waals surface area contributed by atoms with Gasteiger partial charge in [-0.1, -0.05) is 65.1 Å². The van der Waals surface area contributed by atoms with Crippen LogP contribution in [0.1, 0.15) is 22.3 Å². The SMILES string of the molecule is Cc1cc(/C=C/C(=O)N2CCN(Cc3ccc(Oc4ccc(Cl)cc4)cc3)CC2)cc(Cl)c1Oc1ccc(OCc2ccccc2Cl)cn1. The van der Waals surface area contributed by atoms with E-state index in [0.717, 1.165) is 47.8 Å². The fourth-order valence-corrected chi connectivity index (χ4v) is 5.97. The quantitative estimate of drug-likeness (QED) is 0.127. The summed E-state index contributed by atoms with van der Waals surface area (Å²) in [5, 5.41) is 1.75. The summed E-state index contributed by atoms with van der Waals surface area (Å²) in [7, 11) is 0. The zero-order chi connectivity index (χ0) is 34.2. The average molecular weight is 715 g/mol. The first-order valence-electron chi connectivity index (χ1n) is 15.8. The molecule has 49 heavy (non-hydrogen) atoms. The Morgan fingerprint density at radius 3 is 2.16 bits per heavy atom. The Balaban J connectivity index is 0.964. The third-order valence-electron chi connectivity index (χ3n) is 8.00. The molecule has 0 saturated carbocycles. The van der Waals surface area contributed by atoms with Gasteiger partial charge in [-0.15, -0.1) is 0 Å². The number of rotatable bonds is 11. The molecule has 1 amide bonds. The lowest BCUT2D eigenvalue weighted by atomic mass is 10.1. The van der Waals surface area contributed by atoms with Crippen LogP contribution >= 0.6 is 34.8 Å². The van der Waals surface area contributed by atoms with Crippen molar-refractivity contribution in [1.29, 1.82) is 0 Å². The standard InChI is InChI=1S/C39H34Cl3N3O4/c1-27-22-29(23-36(42)39(27)49-37-16-15-34(24-43-37)47-26-30-4-2-3-5-35(30)41)8-17-38(46)45-20-18-44(19-21-45)25-28-6-11-32(12-7-28)48-33-13-9-31(40)10-14-33/h2-17,22-24H,18-21,25-26H2,1H3/b17-8+. The summed E-state index contributed by atoms with van der Waals surface area (Å²) in [6.07, 6.45) is 4.98. The molecule has 0 bridgehead atoms. The minimum absolute atomic E-state index is 0.0292. The van der Waals surface area contributed by atoms with Gasteiger partial charge in [-0.25, -0.2) is 4.98 Å². The molecule has 5 aromatic rings. The number of benzene rings is 4. The number of piperazine rings is 1. The van der Waals surface area contributed by atoms with Gasteiger partial charge < -0.3 is 19.1 Å². The highest BCUT2D eigenvalue weighted by Gasteiger charge is 2.20. The second-order valence-electron chi connectivity index (χ2n) is 11.6. The van der Waals surface area contributed by atoms with E-state index in [2.05, 4.69) is 22.0 Å². The number of hydrogen-bond donors (Lipinski definition) is 0.